The maximum absolute atomic E-state index is 13.9. The van der Waals surface area contributed by atoms with Gasteiger partial charge in [-0.1, -0.05) is 23.5 Å². The molecule has 0 radical (unpaired) electrons. The van der Waals surface area contributed by atoms with Crippen LogP contribution in [0.3, 0.4) is 0 Å². The molecule has 1 saturated heterocycles. The van der Waals surface area contributed by atoms with Gasteiger partial charge < -0.3 is 19.8 Å². The third-order valence-corrected chi connectivity index (χ3v) is 7.33. The maximum atomic E-state index is 13.9. The van der Waals surface area contributed by atoms with Crippen molar-refractivity contribution in [3.05, 3.63) is 69.7 Å². The van der Waals surface area contributed by atoms with Gasteiger partial charge in [-0.25, -0.2) is 0 Å². The van der Waals surface area contributed by atoms with Crippen molar-refractivity contribution < 1.29 is 41.3 Å². The third kappa shape index (κ3) is 5.58. The average Bonchev–Trinajstić information content (AvgIpc) is 3.52. The van der Waals surface area contributed by atoms with Crippen molar-refractivity contribution >= 4 is 39.0 Å². The molecule has 39 heavy (non-hydrogen) atoms. The van der Waals surface area contributed by atoms with E-state index in [1.807, 2.05) is 0 Å². The van der Waals surface area contributed by atoms with E-state index >= 15 is 0 Å². The zero-order valence-corrected chi connectivity index (χ0v) is 20.7. The minimum Gasteiger partial charge on any atom is -0.492 e. The number of alkyl halides is 6. The monoisotopic (exact) mass is 570 g/mol. The number of hydrogen-bond acceptors (Lipinski definition) is 7. The number of ether oxygens (including phenoxy) is 1. The predicted octanol–water partition coefficient (Wildman–Crippen LogP) is 5.55. The molecular weight excluding hydrogens is 550 g/mol. The molecule has 0 saturated carbocycles. The normalized spacial score (nSPS) is 17.3. The number of halogens is 6. The van der Waals surface area contributed by atoms with Gasteiger partial charge in [0, 0.05) is 24.0 Å². The summed E-state index contributed by atoms with van der Waals surface area (Å²) in [6.07, 6.45) is -7.92. The van der Waals surface area contributed by atoms with Crippen molar-refractivity contribution in [3.8, 4) is 5.88 Å². The molecule has 2 aromatic heterocycles. The van der Waals surface area contributed by atoms with Crippen LogP contribution in [0.2, 0.25) is 0 Å². The maximum Gasteiger partial charge on any atom is 0.417 e. The minimum atomic E-state index is -5.08. The van der Waals surface area contributed by atoms with Crippen LogP contribution in [-0.4, -0.2) is 57.8 Å². The highest BCUT2D eigenvalue weighted by atomic mass is 32.1. The van der Waals surface area contributed by atoms with Gasteiger partial charge >= 0.3 is 12.4 Å². The summed E-state index contributed by atoms with van der Waals surface area (Å²) in [5.41, 5.74) is -2.25. The summed E-state index contributed by atoms with van der Waals surface area (Å²) >= 11 is 1.00. The Balaban J connectivity index is 1.67. The summed E-state index contributed by atoms with van der Waals surface area (Å²) in [5, 5.41) is 27.9. The van der Waals surface area contributed by atoms with Crippen LogP contribution in [0, 0.1) is 0 Å². The zero-order chi connectivity index (χ0) is 27.9. The van der Waals surface area contributed by atoms with E-state index in [9.17, 15) is 36.6 Å². The molecule has 0 bridgehead atoms. The summed E-state index contributed by atoms with van der Waals surface area (Å²) < 4.78 is 86.9. The highest BCUT2D eigenvalue weighted by molar-refractivity contribution is 7.17. The highest BCUT2D eigenvalue weighted by Gasteiger charge is 2.38. The smallest absolute Gasteiger partial charge is 0.417 e. The highest BCUT2D eigenvalue weighted by Crippen LogP contribution is 2.43. The van der Waals surface area contributed by atoms with E-state index in [0.717, 1.165) is 23.5 Å². The van der Waals surface area contributed by atoms with Crippen LogP contribution >= 0.6 is 11.3 Å². The molecule has 206 valence electrons. The lowest BCUT2D eigenvalue weighted by Crippen LogP contribution is -2.44. The molecule has 1 aliphatic rings. The SMILES string of the molecule is OC[C@@H]1CN(c2nc(O)c(C(=Cc3ccc(C(F)(F)F)cc3C(F)(F)F)c3ccc4[nH]ncc4c3)s2)CCO1. The lowest BCUT2D eigenvalue weighted by atomic mass is 9.96. The lowest BCUT2D eigenvalue weighted by Gasteiger charge is -2.31. The number of aromatic amines is 1. The molecule has 0 spiro atoms. The Morgan fingerprint density at radius 3 is 2.64 bits per heavy atom. The Hall–Kier alpha value is -3.62. The number of rotatable bonds is 5. The second-order valence-electron chi connectivity index (χ2n) is 8.80. The Morgan fingerprint density at radius 1 is 1.13 bits per heavy atom. The number of H-pyrrole nitrogens is 1. The number of aromatic nitrogens is 3. The molecule has 0 unspecified atom stereocenters. The Bertz CT molecular complexity index is 1530. The molecule has 1 aliphatic heterocycles. The standard InChI is InChI=1S/C25H20F6N4O3S/c26-24(27,28)16-3-1-14(19(9-16)25(29,30)31)8-18(13-2-4-20-15(7-13)10-32-34-20)21-22(37)33-23(39-21)35-5-6-38-17(11-35)12-36/h1-4,7-10,17,36-37H,5-6,11-12H2,(H,32,34)/t17-/m0/s1. The van der Waals surface area contributed by atoms with Gasteiger partial charge in [0.1, 0.15) is 4.88 Å². The number of aliphatic hydroxyl groups is 1. The van der Waals surface area contributed by atoms with Crippen molar-refractivity contribution in [2.75, 3.05) is 31.2 Å². The van der Waals surface area contributed by atoms with Crippen molar-refractivity contribution in [1.29, 1.82) is 0 Å². The third-order valence-electron chi connectivity index (χ3n) is 6.19. The summed E-state index contributed by atoms with van der Waals surface area (Å²) in [6, 6.07) is 6.29. The van der Waals surface area contributed by atoms with Gasteiger partial charge in [0.2, 0.25) is 5.88 Å². The van der Waals surface area contributed by atoms with E-state index in [1.165, 1.54) is 6.20 Å². The van der Waals surface area contributed by atoms with E-state index in [4.69, 9.17) is 4.74 Å². The quantitative estimate of drug-likeness (QED) is 0.215. The molecule has 14 heteroatoms. The molecular formula is C25H20F6N4O3S. The number of fused-ring (bicyclic) bond motifs is 1. The van der Waals surface area contributed by atoms with Gasteiger partial charge in [-0.15, -0.1) is 0 Å². The number of hydrogen-bond donors (Lipinski definition) is 3. The first-order valence-corrected chi connectivity index (χ1v) is 12.4. The number of nitrogens with zero attached hydrogens (tertiary/aromatic N) is 3. The van der Waals surface area contributed by atoms with Crippen LogP contribution in [0.1, 0.15) is 27.1 Å². The van der Waals surface area contributed by atoms with Gasteiger partial charge in [0.15, 0.2) is 5.13 Å². The fraction of sp³-hybridized carbons (Fsp3) is 0.280. The topological polar surface area (TPSA) is 94.5 Å². The number of morpholine rings is 1. The molecule has 5 rings (SSSR count). The van der Waals surface area contributed by atoms with Crippen LogP contribution in [0.5, 0.6) is 5.88 Å². The second-order valence-corrected chi connectivity index (χ2v) is 9.78. The Morgan fingerprint density at radius 2 is 1.92 bits per heavy atom. The van der Waals surface area contributed by atoms with Gasteiger partial charge in [0.05, 0.1) is 42.2 Å². The molecule has 0 aliphatic carbocycles. The summed E-state index contributed by atoms with van der Waals surface area (Å²) in [6.45, 7) is 0.742. The Labute approximate surface area is 221 Å². The molecule has 0 amide bonds. The fourth-order valence-electron chi connectivity index (χ4n) is 4.27. The van der Waals surface area contributed by atoms with Crippen LogP contribution < -0.4 is 4.90 Å². The van der Waals surface area contributed by atoms with Gasteiger partial charge in [-0.2, -0.15) is 36.4 Å². The molecule has 3 heterocycles. The first-order chi connectivity index (χ1) is 18.4. The molecule has 1 atom stereocenters. The number of aromatic hydroxyl groups is 1. The van der Waals surface area contributed by atoms with Crippen LogP contribution in [0.15, 0.2) is 42.6 Å². The molecule has 7 nitrogen and oxygen atoms in total. The van der Waals surface area contributed by atoms with E-state index in [-0.39, 0.29) is 29.7 Å². The van der Waals surface area contributed by atoms with Crippen molar-refractivity contribution in [1.82, 2.24) is 15.2 Å². The first-order valence-electron chi connectivity index (χ1n) is 11.6. The van der Waals surface area contributed by atoms with Crippen LogP contribution in [0.4, 0.5) is 31.5 Å². The van der Waals surface area contributed by atoms with E-state index < -0.39 is 41.0 Å². The summed E-state index contributed by atoms with van der Waals surface area (Å²) in [7, 11) is 0. The first kappa shape index (κ1) is 27.0. The largest absolute Gasteiger partial charge is 0.492 e. The molecule has 3 N–H and O–H groups in total. The Kier molecular flexibility index (Phi) is 7.03. The van der Waals surface area contributed by atoms with Crippen molar-refractivity contribution in [2.45, 2.75) is 18.5 Å². The number of anilines is 1. The van der Waals surface area contributed by atoms with Crippen LogP contribution in [0.25, 0.3) is 22.6 Å². The predicted molar refractivity (Wildman–Crippen MR) is 132 cm³/mol. The van der Waals surface area contributed by atoms with Crippen molar-refractivity contribution in [3.63, 3.8) is 0 Å². The lowest BCUT2D eigenvalue weighted by molar-refractivity contribution is -0.143. The minimum absolute atomic E-state index is 0.0729. The number of thiazole rings is 1. The number of benzene rings is 2. The summed E-state index contributed by atoms with van der Waals surface area (Å²) in [5.74, 6) is -0.457. The zero-order valence-electron chi connectivity index (χ0n) is 19.8. The van der Waals surface area contributed by atoms with Gasteiger partial charge in [-0.3, -0.25) is 5.10 Å². The van der Waals surface area contributed by atoms with Crippen molar-refractivity contribution in [2.24, 2.45) is 0 Å². The summed E-state index contributed by atoms with van der Waals surface area (Å²) in [4.78, 5) is 6.08. The number of aliphatic hydroxyl groups excluding tert-OH is 1. The fourth-order valence-corrected chi connectivity index (χ4v) is 5.30. The second kappa shape index (κ2) is 10.2. The molecule has 4 aromatic rings. The van der Waals surface area contributed by atoms with E-state index in [1.54, 1.807) is 23.1 Å². The molecule has 1 fully saturated rings. The number of nitrogens with one attached hydrogen (secondary N) is 1. The van der Waals surface area contributed by atoms with Gasteiger partial charge in [0.25, 0.3) is 0 Å². The van der Waals surface area contributed by atoms with E-state index in [2.05, 4.69) is 15.2 Å². The van der Waals surface area contributed by atoms with Gasteiger partial charge in [-0.05, 0) is 41.5 Å². The average molecular weight is 571 g/mol. The molecule has 2 aromatic carbocycles. The van der Waals surface area contributed by atoms with Crippen LogP contribution in [-0.2, 0) is 17.1 Å². The van der Waals surface area contributed by atoms with E-state index in [0.29, 0.717) is 40.8 Å².